The molecule has 1 aliphatic rings. The van der Waals surface area contributed by atoms with Crippen LogP contribution in [0.5, 0.6) is 0 Å². The predicted molar refractivity (Wildman–Crippen MR) is 67.7 cm³/mol. The molecule has 0 saturated heterocycles. The van der Waals surface area contributed by atoms with Crippen LogP contribution in [0.3, 0.4) is 0 Å². The maximum Gasteiger partial charge on any atom is 0.0826 e. The first kappa shape index (κ1) is 11.5. The van der Waals surface area contributed by atoms with E-state index in [4.69, 9.17) is 0 Å². The summed E-state index contributed by atoms with van der Waals surface area (Å²) in [7, 11) is 0. The van der Waals surface area contributed by atoms with E-state index < -0.39 is 0 Å². The van der Waals surface area contributed by atoms with Gasteiger partial charge in [-0.2, -0.15) is 0 Å². The maximum absolute atomic E-state index is 9.93. The molecule has 2 rings (SSSR count). The van der Waals surface area contributed by atoms with Gasteiger partial charge in [0.2, 0.25) is 0 Å². The summed E-state index contributed by atoms with van der Waals surface area (Å²) in [6.45, 7) is 6.59. The fraction of sp³-hybridized carbons (Fsp3) is 0.571. The molecule has 1 heterocycles. The fourth-order valence-corrected chi connectivity index (χ4v) is 2.26. The third-order valence-electron chi connectivity index (χ3n) is 3.29. The third kappa shape index (κ3) is 2.38. The number of benzene rings is 1. The number of nitrogens with zero attached hydrogens (tertiary/aromatic N) is 1. The van der Waals surface area contributed by atoms with Gasteiger partial charge in [0.05, 0.1) is 6.10 Å². The molecule has 1 unspecified atom stereocenters. The molecule has 0 fully saturated rings. The van der Waals surface area contributed by atoms with Crippen molar-refractivity contribution in [2.24, 2.45) is 5.92 Å². The third-order valence-corrected chi connectivity index (χ3v) is 3.29. The molecule has 0 amide bonds. The van der Waals surface area contributed by atoms with Gasteiger partial charge in [0.15, 0.2) is 0 Å². The van der Waals surface area contributed by atoms with Gasteiger partial charge in [-0.15, -0.1) is 0 Å². The lowest BCUT2D eigenvalue weighted by atomic mass is 9.98. The summed E-state index contributed by atoms with van der Waals surface area (Å²) in [6, 6.07) is 8.23. The molecule has 1 aromatic carbocycles. The Morgan fingerprint density at radius 2 is 2.12 bits per heavy atom. The molecule has 16 heavy (non-hydrogen) atoms. The van der Waals surface area contributed by atoms with E-state index in [0.29, 0.717) is 0 Å². The quantitative estimate of drug-likeness (QED) is 0.844. The summed E-state index contributed by atoms with van der Waals surface area (Å²) in [5.74, 6) is 0.735. The monoisotopic (exact) mass is 219 g/mol. The van der Waals surface area contributed by atoms with Gasteiger partial charge >= 0.3 is 0 Å². The number of fused-ring (bicyclic) bond motifs is 1. The van der Waals surface area contributed by atoms with Gasteiger partial charge in [-0.3, -0.25) is 0 Å². The topological polar surface area (TPSA) is 23.5 Å². The zero-order valence-electron chi connectivity index (χ0n) is 10.2. The highest BCUT2D eigenvalue weighted by atomic mass is 16.3. The van der Waals surface area contributed by atoms with E-state index in [9.17, 15) is 5.11 Å². The molecule has 0 bridgehead atoms. The summed E-state index contributed by atoms with van der Waals surface area (Å²) >= 11 is 0. The summed E-state index contributed by atoms with van der Waals surface area (Å²) in [5, 5.41) is 9.93. The second-order valence-electron chi connectivity index (χ2n) is 5.03. The molecule has 1 aliphatic heterocycles. The zero-order chi connectivity index (χ0) is 11.5. The average Bonchev–Trinajstić information content (AvgIpc) is 2.28. The number of hydrogen-bond acceptors (Lipinski definition) is 2. The van der Waals surface area contributed by atoms with Crippen molar-refractivity contribution in [1.29, 1.82) is 0 Å². The van der Waals surface area contributed by atoms with Crippen LogP contribution in [-0.4, -0.2) is 18.2 Å². The minimum absolute atomic E-state index is 0.272. The molecule has 1 aromatic rings. The number of rotatable bonds is 3. The van der Waals surface area contributed by atoms with Gasteiger partial charge in [0.1, 0.15) is 0 Å². The standard InChI is InChI=1S/C14H21NO/c1-11(2)7-9-15-10-8-14(16)12-5-3-4-6-13(12)15/h3-6,11,14,16H,7-10H2,1-2H3. The SMILES string of the molecule is CC(C)CCN1CCC(O)c2ccccc21. The molecule has 1 N–H and O–H groups in total. The zero-order valence-corrected chi connectivity index (χ0v) is 10.2. The Bertz CT molecular complexity index is 348. The second kappa shape index (κ2) is 4.88. The van der Waals surface area contributed by atoms with Gasteiger partial charge in [0, 0.05) is 24.3 Å². The van der Waals surface area contributed by atoms with Crippen molar-refractivity contribution in [3.63, 3.8) is 0 Å². The lowest BCUT2D eigenvalue weighted by Gasteiger charge is -2.34. The summed E-state index contributed by atoms with van der Waals surface area (Å²) in [4.78, 5) is 2.40. The van der Waals surface area contributed by atoms with Crippen molar-refractivity contribution < 1.29 is 5.11 Å². The number of para-hydroxylation sites is 1. The van der Waals surface area contributed by atoms with Gasteiger partial charge in [-0.25, -0.2) is 0 Å². The van der Waals surface area contributed by atoms with Gasteiger partial charge in [-0.05, 0) is 24.8 Å². The van der Waals surface area contributed by atoms with E-state index in [2.05, 4.69) is 30.9 Å². The molecule has 0 aromatic heterocycles. The van der Waals surface area contributed by atoms with E-state index >= 15 is 0 Å². The molecule has 0 saturated carbocycles. The first-order valence-electron chi connectivity index (χ1n) is 6.20. The molecule has 0 spiro atoms. The molecule has 0 aliphatic carbocycles. The van der Waals surface area contributed by atoms with Gasteiger partial charge in [-0.1, -0.05) is 32.0 Å². The minimum Gasteiger partial charge on any atom is -0.388 e. The lowest BCUT2D eigenvalue weighted by Crippen LogP contribution is -2.32. The van der Waals surface area contributed by atoms with Crippen LogP contribution in [-0.2, 0) is 0 Å². The molecule has 2 nitrogen and oxygen atoms in total. The van der Waals surface area contributed by atoms with Crippen molar-refractivity contribution in [1.82, 2.24) is 0 Å². The summed E-state index contributed by atoms with van der Waals surface area (Å²) < 4.78 is 0. The van der Waals surface area contributed by atoms with Crippen LogP contribution in [0.15, 0.2) is 24.3 Å². The van der Waals surface area contributed by atoms with Crippen LogP contribution in [0.1, 0.15) is 38.4 Å². The molecular weight excluding hydrogens is 198 g/mol. The van der Waals surface area contributed by atoms with E-state index in [-0.39, 0.29) is 6.10 Å². The number of aliphatic hydroxyl groups is 1. The van der Waals surface area contributed by atoms with Crippen molar-refractivity contribution in [3.8, 4) is 0 Å². The van der Waals surface area contributed by atoms with E-state index in [1.807, 2.05) is 12.1 Å². The first-order chi connectivity index (χ1) is 7.68. The lowest BCUT2D eigenvalue weighted by molar-refractivity contribution is 0.164. The Morgan fingerprint density at radius 1 is 1.38 bits per heavy atom. The van der Waals surface area contributed by atoms with E-state index in [1.54, 1.807) is 0 Å². The molecular formula is C14H21NO. The first-order valence-corrected chi connectivity index (χ1v) is 6.20. The summed E-state index contributed by atoms with van der Waals surface area (Å²) in [6.07, 6.45) is 1.80. The van der Waals surface area contributed by atoms with E-state index in [1.165, 1.54) is 12.1 Å². The minimum atomic E-state index is -0.272. The van der Waals surface area contributed by atoms with Crippen LogP contribution >= 0.6 is 0 Å². The van der Waals surface area contributed by atoms with Gasteiger partial charge in [0.25, 0.3) is 0 Å². The van der Waals surface area contributed by atoms with Crippen LogP contribution in [0.25, 0.3) is 0 Å². The number of aliphatic hydroxyl groups excluding tert-OH is 1. The molecule has 2 heteroatoms. The molecule has 1 atom stereocenters. The largest absolute Gasteiger partial charge is 0.388 e. The highest BCUT2D eigenvalue weighted by molar-refractivity contribution is 5.56. The fourth-order valence-electron chi connectivity index (χ4n) is 2.26. The van der Waals surface area contributed by atoms with Gasteiger partial charge < -0.3 is 10.0 Å². The van der Waals surface area contributed by atoms with Crippen molar-refractivity contribution in [3.05, 3.63) is 29.8 Å². The Labute approximate surface area is 97.9 Å². The van der Waals surface area contributed by atoms with Crippen LogP contribution in [0.2, 0.25) is 0 Å². The molecule has 0 radical (unpaired) electrons. The second-order valence-corrected chi connectivity index (χ2v) is 5.03. The Kier molecular flexibility index (Phi) is 3.49. The predicted octanol–water partition coefficient (Wildman–Crippen LogP) is 2.98. The van der Waals surface area contributed by atoms with Crippen molar-refractivity contribution >= 4 is 5.69 Å². The van der Waals surface area contributed by atoms with Crippen molar-refractivity contribution in [2.75, 3.05) is 18.0 Å². The average molecular weight is 219 g/mol. The Balaban J connectivity index is 2.15. The van der Waals surface area contributed by atoms with Crippen LogP contribution in [0, 0.1) is 5.92 Å². The van der Waals surface area contributed by atoms with Crippen LogP contribution in [0.4, 0.5) is 5.69 Å². The maximum atomic E-state index is 9.93. The summed E-state index contributed by atoms with van der Waals surface area (Å²) in [5.41, 5.74) is 2.32. The van der Waals surface area contributed by atoms with Crippen molar-refractivity contribution in [2.45, 2.75) is 32.8 Å². The molecule has 88 valence electrons. The number of hydrogen-bond donors (Lipinski definition) is 1. The Hall–Kier alpha value is -1.02. The van der Waals surface area contributed by atoms with Crippen LogP contribution < -0.4 is 4.90 Å². The highest BCUT2D eigenvalue weighted by Gasteiger charge is 2.22. The smallest absolute Gasteiger partial charge is 0.0826 e. The van der Waals surface area contributed by atoms with E-state index in [0.717, 1.165) is 31.0 Å². The Morgan fingerprint density at radius 3 is 2.88 bits per heavy atom. The normalized spacial score (nSPS) is 20.0. The highest BCUT2D eigenvalue weighted by Crippen LogP contribution is 2.33. The number of anilines is 1.